The maximum atomic E-state index is 4.40. The first-order chi connectivity index (χ1) is 15.3. The summed E-state index contributed by atoms with van der Waals surface area (Å²) in [6.07, 6.45) is 0. The van der Waals surface area contributed by atoms with E-state index in [1.54, 1.807) is 0 Å². The van der Waals surface area contributed by atoms with E-state index in [0.29, 0.717) is 26.7 Å². The third-order valence-electron chi connectivity index (χ3n) is 5.03. The van der Waals surface area contributed by atoms with Crippen LogP contribution in [0.3, 0.4) is 0 Å². The van der Waals surface area contributed by atoms with Gasteiger partial charge >= 0.3 is 0 Å². The minimum Gasteiger partial charge on any atom is -0.252 e. The first-order valence-corrected chi connectivity index (χ1v) is 9.67. The summed E-state index contributed by atoms with van der Waals surface area (Å²) in [6, 6.07) is 11.2. The van der Waals surface area contributed by atoms with Crippen molar-refractivity contribution in [1.82, 2.24) is 50.6 Å². The average molecular weight is 418 g/mol. The minimum absolute atomic E-state index is 0.656. The van der Waals surface area contributed by atoms with Crippen LogP contribution in [-0.4, -0.2) is 84.0 Å². The Labute approximate surface area is 175 Å². The Morgan fingerprint density at radius 3 is 1.52 bits per heavy atom. The number of nitrogens with zero attached hydrogens (tertiary/aromatic N) is 12. The molecule has 156 valence electrons. The van der Waals surface area contributed by atoms with Crippen LogP contribution in [0.2, 0.25) is 0 Å². The van der Waals surface area contributed by atoms with E-state index in [2.05, 4.69) is 61.3 Å². The molecule has 31 heavy (non-hydrogen) atoms. The highest BCUT2D eigenvalue weighted by Gasteiger charge is 2.30. The third-order valence-corrected chi connectivity index (χ3v) is 5.03. The van der Waals surface area contributed by atoms with Crippen LogP contribution in [0.15, 0.2) is 57.1 Å². The first-order valence-electron chi connectivity index (χ1n) is 9.67. The van der Waals surface area contributed by atoms with Crippen LogP contribution >= 0.6 is 0 Å². The Bertz CT molecular complexity index is 1160. The lowest BCUT2D eigenvalue weighted by atomic mass is 10.3. The topological polar surface area (TPSA) is 146 Å². The second-order valence-electron chi connectivity index (χ2n) is 7.43. The van der Waals surface area contributed by atoms with Crippen molar-refractivity contribution in [3.8, 4) is 0 Å². The average Bonchev–Trinajstić information content (AvgIpc) is 3.44. The molecule has 0 unspecified atom stereocenters. The van der Waals surface area contributed by atoms with Gasteiger partial charge in [0, 0.05) is 0 Å². The molecule has 0 saturated carbocycles. The van der Waals surface area contributed by atoms with E-state index in [-0.39, 0.29) is 0 Å². The first kappa shape index (κ1) is 17.8. The molecule has 2 aromatic carbocycles. The normalized spacial score (nSPS) is 21.8. The van der Waals surface area contributed by atoms with Crippen molar-refractivity contribution in [3.05, 3.63) is 36.4 Å². The Morgan fingerprint density at radius 2 is 1.03 bits per heavy atom. The van der Waals surface area contributed by atoms with Crippen molar-refractivity contribution in [2.24, 2.45) is 20.7 Å². The van der Waals surface area contributed by atoms with Crippen molar-refractivity contribution in [1.29, 1.82) is 0 Å². The third kappa shape index (κ3) is 3.64. The van der Waals surface area contributed by atoms with Gasteiger partial charge in [0.1, 0.15) is 22.1 Å². The lowest BCUT2D eigenvalue weighted by Gasteiger charge is -2.46. The number of rotatable bonds is 4. The zero-order valence-corrected chi connectivity index (χ0v) is 16.4. The monoisotopic (exact) mass is 418 g/mol. The molecule has 2 saturated heterocycles. The molecule has 2 aliphatic heterocycles. The molecule has 14 heteroatoms. The van der Waals surface area contributed by atoms with Gasteiger partial charge in [-0.2, -0.15) is 30.8 Å². The second-order valence-corrected chi connectivity index (χ2v) is 7.43. The van der Waals surface area contributed by atoms with E-state index in [4.69, 9.17) is 0 Å². The molecule has 14 nitrogen and oxygen atoms in total. The Hall–Kier alpha value is -4.04. The van der Waals surface area contributed by atoms with Gasteiger partial charge in [-0.15, -0.1) is 10.2 Å². The molecule has 0 atom stereocenters. The van der Waals surface area contributed by atoms with Crippen molar-refractivity contribution in [3.63, 3.8) is 0 Å². The summed E-state index contributed by atoms with van der Waals surface area (Å²) in [6.45, 7) is 3.48. The summed E-state index contributed by atoms with van der Waals surface area (Å²) in [7, 11) is 0. The molecule has 0 amide bonds. The number of H-pyrrole nitrogens is 2. The van der Waals surface area contributed by atoms with Crippen LogP contribution in [0.25, 0.3) is 22.1 Å². The van der Waals surface area contributed by atoms with Crippen molar-refractivity contribution in [2.45, 2.75) is 0 Å². The quantitative estimate of drug-likeness (QED) is 0.478. The lowest BCUT2D eigenvalue weighted by Crippen LogP contribution is -2.61. The van der Waals surface area contributed by atoms with E-state index in [0.717, 1.165) is 40.1 Å². The largest absolute Gasteiger partial charge is 0.252 e. The molecule has 4 heterocycles. The second kappa shape index (κ2) is 7.33. The molecular formula is C17H18N14. The smallest absolute Gasteiger partial charge is 0.115 e. The fourth-order valence-corrected chi connectivity index (χ4v) is 3.69. The van der Waals surface area contributed by atoms with Crippen molar-refractivity contribution >= 4 is 33.4 Å². The van der Waals surface area contributed by atoms with Crippen LogP contribution in [0.5, 0.6) is 0 Å². The predicted molar refractivity (Wildman–Crippen MR) is 109 cm³/mol. The van der Waals surface area contributed by atoms with E-state index in [9.17, 15) is 0 Å². The highest BCUT2D eigenvalue weighted by molar-refractivity contribution is 5.77. The molecule has 0 aliphatic carbocycles. The number of fused-ring (bicyclic) bond motifs is 4. The zero-order chi connectivity index (χ0) is 20.6. The zero-order valence-electron chi connectivity index (χ0n) is 16.4. The van der Waals surface area contributed by atoms with Gasteiger partial charge in [0.25, 0.3) is 0 Å². The number of nitrogens with one attached hydrogen (secondary N) is 2. The van der Waals surface area contributed by atoms with Gasteiger partial charge in [0.15, 0.2) is 0 Å². The van der Waals surface area contributed by atoms with Crippen LogP contribution in [-0.2, 0) is 0 Å². The van der Waals surface area contributed by atoms with Gasteiger partial charge in [0.2, 0.25) is 0 Å². The maximum Gasteiger partial charge on any atom is 0.115 e. The standard InChI is InChI=1S/C17H18N14/c1-3-14-16(22-24-20-14)5-12(1)18-26-30-8-28-7-29(9-30)11-31(10-28)27-19-13-2-4-15-17(6-13)23-25-21-15/h1-6H,7-11H2,(H,20,22,24)(H,21,23,25). The summed E-state index contributed by atoms with van der Waals surface area (Å²) >= 11 is 0. The number of hydrogen-bond acceptors (Lipinski definition) is 10. The predicted octanol–water partition coefficient (Wildman–Crippen LogP) is 1.95. The van der Waals surface area contributed by atoms with Gasteiger partial charge in [0.05, 0.1) is 44.7 Å². The van der Waals surface area contributed by atoms with E-state index < -0.39 is 0 Å². The number of hydrogen-bond donors (Lipinski definition) is 2. The molecule has 4 aromatic rings. The molecule has 0 radical (unpaired) electrons. The molecule has 2 aliphatic rings. The van der Waals surface area contributed by atoms with Crippen LogP contribution in [0.1, 0.15) is 0 Å². The SMILES string of the molecule is c1cc2n[nH]nc2cc1N=NN1CN2CN(C1)CN(N=Nc1ccc3n[nH]nc3c1)C2. The molecule has 2 aromatic heterocycles. The van der Waals surface area contributed by atoms with E-state index in [1.165, 1.54) is 0 Å². The number of benzene rings is 2. The fourth-order valence-electron chi connectivity index (χ4n) is 3.69. The molecule has 2 N–H and O–H groups in total. The summed E-state index contributed by atoms with van der Waals surface area (Å²) in [4.78, 5) is 4.43. The summed E-state index contributed by atoms with van der Waals surface area (Å²) in [5.41, 5.74) is 4.62. The minimum atomic E-state index is 0.656. The van der Waals surface area contributed by atoms with E-state index in [1.807, 2.05) is 46.4 Å². The van der Waals surface area contributed by atoms with Crippen LogP contribution < -0.4 is 0 Å². The summed E-state index contributed by atoms with van der Waals surface area (Å²) in [5.74, 6) is 0. The Balaban J connectivity index is 1.09. The van der Waals surface area contributed by atoms with Crippen molar-refractivity contribution < 1.29 is 0 Å². The molecular weight excluding hydrogens is 400 g/mol. The highest BCUT2D eigenvalue weighted by Crippen LogP contribution is 2.22. The van der Waals surface area contributed by atoms with Crippen LogP contribution in [0, 0.1) is 0 Å². The van der Waals surface area contributed by atoms with E-state index >= 15 is 0 Å². The lowest BCUT2D eigenvalue weighted by molar-refractivity contribution is -0.124. The number of aromatic nitrogens is 6. The maximum absolute atomic E-state index is 4.40. The summed E-state index contributed by atoms with van der Waals surface area (Å²) < 4.78 is 0. The van der Waals surface area contributed by atoms with Crippen molar-refractivity contribution in [2.75, 3.05) is 33.3 Å². The Morgan fingerprint density at radius 1 is 0.581 bits per heavy atom. The molecule has 6 rings (SSSR count). The highest BCUT2D eigenvalue weighted by atomic mass is 15.7. The summed E-state index contributed by atoms with van der Waals surface area (Å²) in [5, 5.41) is 42.8. The van der Waals surface area contributed by atoms with Gasteiger partial charge < -0.3 is 0 Å². The van der Waals surface area contributed by atoms with Gasteiger partial charge in [-0.3, -0.25) is 9.80 Å². The van der Waals surface area contributed by atoms with Gasteiger partial charge in [-0.25, -0.2) is 10.0 Å². The fraction of sp³-hybridized carbons (Fsp3) is 0.294. The van der Waals surface area contributed by atoms with Gasteiger partial charge in [-0.1, -0.05) is 10.4 Å². The number of aromatic amines is 2. The molecule has 2 fully saturated rings. The molecule has 0 spiro atoms. The molecule has 2 bridgehead atoms. The Kier molecular flexibility index (Phi) is 4.21. The van der Waals surface area contributed by atoms with Crippen LogP contribution in [0.4, 0.5) is 11.4 Å². The van der Waals surface area contributed by atoms with Gasteiger partial charge in [-0.05, 0) is 36.4 Å².